The fraction of sp³-hybridized carbons (Fsp3) is 0.162. The molecule has 7 rings (SSSR count). The van der Waals surface area contributed by atoms with Crippen molar-refractivity contribution in [1.82, 2.24) is 0 Å². The molecule has 5 aromatic rings. The molecule has 3 nitrogen and oxygen atoms in total. The Labute approximate surface area is 236 Å². The molecule has 0 N–H and O–H groups in total. The van der Waals surface area contributed by atoms with Gasteiger partial charge in [-0.2, -0.15) is 5.26 Å². The third-order valence-corrected chi connectivity index (χ3v) is 8.82. The Morgan fingerprint density at radius 2 is 0.775 bits per heavy atom. The van der Waals surface area contributed by atoms with E-state index in [2.05, 4.69) is 147 Å². The van der Waals surface area contributed by atoms with E-state index in [0.29, 0.717) is 5.56 Å². The molecule has 0 radical (unpaired) electrons. The first-order valence-corrected chi connectivity index (χ1v) is 13.9. The molecular weight excluding hydrogens is 486 g/mol. The minimum Gasteiger partial charge on any atom is -0.310 e. The SMILES string of the molecule is CC1(C)c2ccccc2N(c2cc(C#N)cc(N3c4ccccc4C(C)(C)c4ccccc43)c2)c2ccccc21. The molecule has 0 saturated carbocycles. The van der Waals surface area contributed by atoms with Crippen LogP contribution in [0.15, 0.2) is 115 Å². The molecule has 40 heavy (non-hydrogen) atoms. The Kier molecular flexibility index (Phi) is 5.21. The highest BCUT2D eigenvalue weighted by Crippen LogP contribution is 2.54. The molecule has 0 aromatic heterocycles. The summed E-state index contributed by atoms with van der Waals surface area (Å²) in [6, 6.07) is 43.3. The summed E-state index contributed by atoms with van der Waals surface area (Å²) < 4.78 is 0. The van der Waals surface area contributed by atoms with Crippen LogP contribution in [0.5, 0.6) is 0 Å². The number of nitrogens with zero attached hydrogens (tertiary/aromatic N) is 3. The van der Waals surface area contributed by atoms with Crippen molar-refractivity contribution in [3.8, 4) is 6.07 Å². The van der Waals surface area contributed by atoms with Crippen LogP contribution >= 0.6 is 0 Å². The molecule has 0 bridgehead atoms. The lowest BCUT2D eigenvalue weighted by Gasteiger charge is -2.43. The number of rotatable bonds is 2. The summed E-state index contributed by atoms with van der Waals surface area (Å²) in [6.07, 6.45) is 0. The van der Waals surface area contributed by atoms with Crippen molar-refractivity contribution in [1.29, 1.82) is 5.26 Å². The van der Waals surface area contributed by atoms with Gasteiger partial charge in [-0.25, -0.2) is 0 Å². The van der Waals surface area contributed by atoms with E-state index in [1.54, 1.807) is 0 Å². The molecule has 0 aliphatic carbocycles. The summed E-state index contributed by atoms with van der Waals surface area (Å²) in [5.74, 6) is 0. The predicted molar refractivity (Wildman–Crippen MR) is 165 cm³/mol. The van der Waals surface area contributed by atoms with Gasteiger partial charge in [0.2, 0.25) is 0 Å². The van der Waals surface area contributed by atoms with E-state index in [9.17, 15) is 5.26 Å². The Hall–Kier alpha value is -4.81. The van der Waals surface area contributed by atoms with Crippen LogP contribution in [0.4, 0.5) is 34.1 Å². The lowest BCUT2D eigenvalue weighted by Crippen LogP contribution is -2.31. The van der Waals surface area contributed by atoms with Crippen LogP contribution in [-0.2, 0) is 10.8 Å². The lowest BCUT2D eigenvalue weighted by molar-refractivity contribution is 0.631. The second-order valence-corrected chi connectivity index (χ2v) is 11.8. The van der Waals surface area contributed by atoms with E-state index in [4.69, 9.17) is 0 Å². The summed E-state index contributed by atoms with van der Waals surface area (Å²) in [6.45, 7) is 9.18. The number of anilines is 6. The fourth-order valence-electron chi connectivity index (χ4n) is 6.81. The molecule has 0 unspecified atom stereocenters. The maximum atomic E-state index is 10.2. The monoisotopic (exact) mass is 517 g/mol. The van der Waals surface area contributed by atoms with Crippen LogP contribution in [-0.4, -0.2) is 0 Å². The highest BCUT2D eigenvalue weighted by Gasteiger charge is 2.38. The average molecular weight is 518 g/mol. The summed E-state index contributed by atoms with van der Waals surface area (Å²) in [7, 11) is 0. The smallest absolute Gasteiger partial charge is 0.0993 e. The van der Waals surface area contributed by atoms with E-state index < -0.39 is 0 Å². The van der Waals surface area contributed by atoms with Crippen molar-refractivity contribution in [2.75, 3.05) is 9.80 Å². The van der Waals surface area contributed by atoms with Gasteiger partial charge in [0, 0.05) is 22.2 Å². The maximum Gasteiger partial charge on any atom is 0.0993 e. The lowest BCUT2D eigenvalue weighted by atomic mass is 9.73. The topological polar surface area (TPSA) is 30.3 Å². The first-order chi connectivity index (χ1) is 19.3. The highest BCUT2D eigenvalue weighted by molar-refractivity contribution is 5.91. The van der Waals surface area contributed by atoms with Gasteiger partial charge in [0.15, 0.2) is 0 Å². The Morgan fingerprint density at radius 3 is 1.07 bits per heavy atom. The third kappa shape index (κ3) is 3.36. The van der Waals surface area contributed by atoms with Gasteiger partial charge < -0.3 is 9.80 Å². The molecule has 0 atom stereocenters. The molecule has 2 aliphatic rings. The van der Waals surface area contributed by atoms with Crippen LogP contribution in [0.25, 0.3) is 0 Å². The van der Waals surface area contributed by atoms with Crippen molar-refractivity contribution in [3.63, 3.8) is 0 Å². The number of nitriles is 1. The first-order valence-electron chi connectivity index (χ1n) is 13.9. The molecular formula is C37H31N3. The molecule has 2 aliphatic heterocycles. The standard InChI is InChI=1S/C37H31N3/c1-36(2)28-13-5-9-17-32(28)39(33-18-10-6-14-29(33)36)26-21-25(24-38)22-27(23-26)40-34-19-11-7-15-30(34)37(3,4)31-16-8-12-20-35(31)40/h5-23H,1-4H3. The average Bonchev–Trinajstić information content (AvgIpc) is 2.98. The van der Waals surface area contributed by atoms with E-state index in [1.807, 2.05) is 12.1 Å². The summed E-state index contributed by atoms with van der Waals surface area (Å²) in [5.41, 5.74) is 12.0. The molecule has 0 spiro atoms. The van der Waals surface area contributed by atoms with Crippen LogP contribution in [0.1, 0.15) is 55.5 Å². The minimum atomic E-state index is -0.143. The second-order valence-electron chi connectivity index (χ2n) is 11.8. The van der Waals surface area contributed by atoms with Crippen molar-refractivity contribution >= 4 is 34.1 Å². The van der Waals surface area contributed by atoms with Crippen LogP contribution in [0.3, 0.4) is 0 Å². The second kappa shape index (κ2) is 8.60. The van der Waals surface area contributed by atoms with Gasteiger partial charge in [0.1, 0.15) is 0 Å². The number of hydrogen-bond acceptors (Lipinski definition) is 3. The normalized spacial score (nSPS) is 15.8. The summed E-state index contributed by atoms with van der Waals surface area (Å²) in [5, 5.41) is 10.2. The van der Waals surface area contributed by atoms with Crippen LogP contribution in [0.2, 0.25) is 0 Å². The van der Waals surface area contributed by atoms with Crippen molar-refractivity contribution < 1.29 is 0 Å². The van der Waals surface area contributed by atoms with Gasteiger partial charge in [-0.15, -0.1) is 0 Å². The Morgan fingerprint density at radius 1 is 0.475 bits per heavy atom. The van der Waals surface area contributed by atoms with E-state index in [1.165, 1.54) is 22.3 Å². The largest absolute Gasteiger partial charge is 0.310 e. The zero-order valence-corrected chi connectivity index (χ0v) is 23.3. The van der Waals surface area contributed by atoms with E-state index in [-0.39, 0.29) is 10.8 Å². The minimum absolute atomic E-state index is 0.143. The quantitative estimate of drug-likeness (QED) is 0.233. The zero-order chi connectivity index (χ0) is 27.6. The fourth-order valence-corrected chi connectivity index (χ4v) is 6.81. The molecule has 0 fully saturated rings. The van der Waals surface area contributed by atoms with Crippen molar-refractivity contribution in [3.05, 3.63) is 143 Å². The molecule has 3 heteroatoms. The van der Waals surface area contributed by atoms with Gasteiger partial charge >= 0.3 is 0 Å². The first kappa shape index (κ1) is 24.2. The van der Waals surface area contributed by atoms with Crippen LogP contribution in [0, 0.1) is 11.3 Å². The van der Waals surface area contributed by atoms with E-state index >= 15 is 0 Å². The zero-order valence-electron chi connectivity index (χ0n) is 23.3. The van der Waals surface area contributed by atoms with Crippen molar-refractivity contribution in [2.45, 2.75) is 38.5 Å². The number of fused-ring (bicyclic) bond motifs is 4. The molecule has 194 valence electrons. The maximum absolute atomic E-state index is 10.2. The highest BCUT2D eigenvalue weighted by atomic mass is 15.2. The number of benzene rings is 5. The molecule has 2 heterocycles. The summed E-state index contributed by atoms with van der Waals surface area (Å²) in [4.78, 5) is 4.65. The summed E-state index contributed by atoms with van der Waals surface area (Å²) >= 11 is 0. The molecule has 0 amide bonds. The van der Waals surface area contributed by atoms with Crippen molar-refractivity contribution in [2.24, 2.45) is 0 Å². The van der Waals surface area contributed by atoms with Gasteiger partial charge in [-0.1, -0.05) is 100 Å². The Bertz CT molecular complexity index is 1610. The van der Waals surface area contributed by atoms with Crippen LogP contribution < -0.4 is 9.80 Å². The molecule has 5 aromatic carbocycles. The van der Waals surface area contributed by atoms with Gasteiger partial charge in [0.05, 0.1) is 34.4 Å². The van der Waals surface area contributed by atoms with E-state index in [0.717, 1.165) is 34.1 Å². The van der Waals surface area contributed by atoms with Gasteiger partial charge in [0.25, 0.3) is 0 Å². The van der Waals surface area contributed by atoms with Gasteiger partial charge in [-0.3, -0.25) is 0 Å². The number of para-hydroxylation sites is 4. The van der Waals surface area contributed by atoms with Gasteiger partial charge in [-0.05, 0) is 64.7 Å². The molecule has 0 saturated heterocycles. The Balaban J connectivity index is 1.50. The number of hydrogen-bond donors (Lipinski definition) is 0. The third-order valence-electron chi connectivity index (χ3n) is 8.82. The predicted octanol–water partition coefficient (Wildman–Crippen LogP) is 9.78.